The molecule has 18 heavy (non-hydrogen) atoms. The van der Waals surface area contributed by atoms with Crippen LogP contribution in [0.4, 0.5) is 0 Å². The summed E-state index contributed by atoms with van der Waals surface area (Å²) in [6.45, 7) is 14.1. The maximum atomic E-state index is 6.79. The van der Waals surface area contributed by atoms with Gasteiger partial charge >= 0.3 is 0 Å². The van der Waals surface area contributed by atoms with E-state index >= 15 is 0 Å². The van der Waals surface area contributed by atoms with E-state index in [1.165, 1.54) is 19.3 Å². The van der Waals surface area contributed by atoms with E-state index in [9.17, 15) is 0 Å². The zero-order valence-corrected chi connectivity index (χ0v) is 14.2. The summed E-state index contributed by atoms with van der Waals surface area (Å²) < 4.78 is 6.79. The molecule has 2 N–H and O–H groups in total. The summed E-state index contributed by atoms with van der Waals surface area (Å²) in [5.41, 5.74) is 8.14. The molecule has 0 amide bonds. The van der Waals surface area contributed by atoms with Crippen molar-refractivity contribution in [2.75, 3.05) is 0 Å². The third-order valence-corrected chi connectivity index (χ3v) is 10.9. The molecule has 1 aliphatic rings. The van der Waals surface area contributed by atoms with Gasteiger partial charge in [0.05, 0.1) is 0 Å². The van der Waals surface area contributed by atoms with E-state index in [0.717, 1.165) is 6.42 Å². The minimum atomic E-state index is -1.70. The number of hydrogen-bond acceptors (Lipinski definition) is 2. The van der Waals surface area contributed by atoms with Crippen molar-refractivity contribution in [2.24, 2.45) is 5.73 Å². The van der Waals surface area contributed by atoms with Gasteiger partial charge in [-0.1, -0.05) is 41.5 Å². The van der Waals surface area contributed by atoms with Gasteiger partial charge in [0, 0.05) is 12.1 Å². The molecule has 0 unspecified atom stereocenters. The molecule has 0 spiro atoms. The van der Waals surface area contributed by atoms with E-state index in [1.807, 2.05) is 0 Å². The van der Waals surface area contributed by atoms with Gasteiger partial charge in [-0.3, -0.25) is 0 Å². The van der Waals surface area contributed by atoms with Gasteiger partial charge in [0.2, 0.25) is 8.32 Å². The summed E-state index contributed by atoms with van der Waals surface area (Å²) in [4.78, 5) is 0. The van der Waals surface area contributed by atoms with Crippen LogP contribution in [0.25, 0.3) is 0 Å². The molecule has 1 saturated carbocycles. The van der Waals surface area contributed by atoms with Crippen LogP contribution in [0.5, 0.6) is 0 Å². The lowest BCUT2D eigenvalue weighted by molar-refractivity contribution is 0.123. The second-order valence-electron chi connectivity index (χ2n) is 6.98. The van der Waals surface area contributed by atoms with Crippen molar-refractivity contribution in [3.05, 3.63) is 0 Å². The summed E-state index contributed by atoms with van der Waals surface area (Å²) in [5, 5.41) is 0. The first-order valence-corrected chi connectivity index (χ1v) is 9.88. The van der Waals surface area contributed by atoms with Crippen molar-refractivity contribution in [3.8, 4) is 0 Å². The van der Waals surface area contributed by atoms with Crippen LogP contribution in [-0.4, -0.2) is 20.5 Å². The van der Waals surface area contributed by atoms with Crippen molar-refractivity contribution in [2.45, 2.75) is 96.0 Å². The van der Waals surface area contributed by atoms with Crippen LogP contribution in [0, 0.1) is 0 Å². The molecule has 2 nitrogen and oxygen atoms in total. The summed E-state index contributed by atoms with van der Waals surface area (Å²) in [6.07, 6.45) is 5.13. The second-order valence-corrected chi connectivity index (χ2v) is 12.4. The molecule has 0 radical (unpaired) electrons. The smallest absolute Gasteiger partial charge is 0.200 e. The lowest BCUT2D eigenvalue weighted by Gasteiger charge is -2.46. The molecule has 0 aromatic heterocycles. The van der Waals surface area contributed by atoms with Gasteiger partial charge in [0.15, 0.2) is 0 Å². The number of rotatable bonds is 5. The molecule has 0 bridgehead atoms. The maximum Gasteiger partial charge on any atom is 0.200 e. The monoisotopic (exact) mass is 271 g/mol. The quantitative estimate of drug-likeness (QED) is 0.750. The molecule has 3 heteroatoms. The molecule has 1 aliphatic carbocycles. The maximum absolute atomic E-state index is 6.79. The summed E-state index contributed by atoms with van der Waals surface area (Å²) in [6, 6.07) is 0.363. The Hall–Kier alpha value is 0.137. The van der Waals surface area contributed by atoms with Gasteiger partial charge in [-0.15, -0.1) is 0 Å². The van der Waals surface area contributed by atoms with Gasteiger partial charge in [-0.2, -0.15) is 0 Å². The van der Waals surface area contributed by atoms with Crippen molar-refractivity contribution < 1.29 is 4.43 Å². The van der Waals surface area contributed by atoms with Crippen LogP contribution in [-0.2, 0) is 4.43 Å². The van der Waals surface area contributed by atoms with Gasteiger partial charge in [-0.05, 0) is 42.3 Å². The summed E-state index contributed by atoms with van der Waals surface area (Å²) in [7, 11) is -1.70. The molecule has 1 rings (SSSR count). The van der Waals surface area contributed by atoms with Gasteiger partial charge in [0.25, 0.3) is 0 Å². The Morgan fingerprint density at radius 3 is 1.83 bits per heavy atom. The molecule has 0 aromatic carbocycles. The van der Waals surface area contributed by atoms with Crippen LogP contribution in [0.1, 0.15) is 67.2 Å². The molecule has 108 valence electrons. The average Bonchev–Trinajstić information content (AvgIpc) is 2.24. The first-order valence-electron chi connectivity index (χ1n) is 7.74. The Kier molecular flexibility index (Phi) is 5.88. The fraction of sp³-hybridized carbons (Fsp3) is 1.00. The number of nitrogens with two attached hydrogens (primary N) is 1. The van der Waals surface area contributed by atoms with Gasteiger partial charge in [-0.25, -0.2) is 0 Å². The van der Waals surface area contributed by atoms with Crippen LogP contribution in [0.2, 0.25) is 16.6 Å². The van der Waals surface area contributed by atoms with Gasteiger partial charge in [0.1, 0.15) is 0 Å². The number of hydrogen-bond donors (Lipinski definition) is 1. The van der Waals surface area contributed by atoms with Crippen LogP contribution in [0.3, 0.4) is 0 Å². The lowest BCUT2D eigenvalue weighted by Crippen LogP contribution is -2.51. The third-order valence-electron chi connectivity index (χ3n) is 4.74. The van der Waals surface area contributed by atoms with E-state index < -0.39 is 8.32 Å². The zero-order chi connectivity index (χ0) is 13.9. The fourth-order valence-electron chi connectivity index (χ4n) is 3.99. The SMILES string of the molecule is CC(C)[Si](O[C@H]1CCC[C@H](N)C1)(C(C)C)C(C)C. The van der Waals surface area contributed by atoms with Crippen molar-refractivity contribution in [1.29, 1.82) is 0 Å². The minimum absolute atomic E-state index is 0.363. The topological polar surface area (TPSA) is 35.2 Å². The predicted octanol–water partition coefficient (Wildman–Crippen LogP) is 4.45. The highest BCUT2D eigenvalue weighted by Gasteiger charge is 2.46. The normalized spacial score (nSPS) is 26.3. The fourth-order valence-corrected chi connectivity index (χ4v) is 9.59. The Balaban J connectivity index is 2.83. The van der Waals surface area contributed by atoms with Crippen molar-refractivity contribution in [3.63, 3.8) is 0 Å². The zero-order valence-electron chi connectivity index (χ0n) is 13.2. The Morgan fingerprint density at radius 2 is 1.44 bits per heavy atom. The molecule has 0 aliphatic heterocycles. The molecular formula is C15H33NOSi. The summed E-state index contributed by atoms with van der Waals surface area (Å²) >= 11 is 0. The van der Waals surface area contributed by atoms with E-state index in [2.05, 4.69) is 41.5 Å². The summed E-state index contributed by atoms with van der Waals surface area (Å²) in [5.74, 6) is 0. The van der Waals surface area contributed by atoms with Crippen LogP contribution < -0.4 is 5.73 Å². The Labute approximate surface area is 115 Å². The second kappa shape index (κ2) is 6.53. The molecule has 0 aromatic rings. The van der Waals surface area contributed by atoms with Crippen LogP contribution >= 0.6 is 0 Å². The first-order chi connectivity index (χ1) is 8.30. The standard InChI is InChI=1S/C15H33NOSi/c1-11(2)18(12(3)4,13(5)6)17-15-9-7-8-14(16)10-15/h11-15H,7-10,16H2,1-6H3/t14-,15-/m0/s1. The molecular weight excluding hydrogens is 238 g/mol. The largest absolute Gasteiger partial charge is 0.413 e. The average molecular weight is 272 g/mol. The van der Waals surface area contributed by atoms with E-state index in [4.69, 9.17) is 10.2 Å². The van der Waals surface area contributed by atoms with Crippen molar-refractivity contribution in [1.82, 2.24) is 0 Å². The molecule has 0 saturated heterocycles. The highest BCUT2D eigenvalue weighted by Crippen LogP contribution is 2.44. The third kappa shape index (κ3) is 3.37. The predicted molar refractivity (Wildman–Crippen MR) is 82.4 cm³/mol. The van der Waals surface area contributed by atoms with Crippen molar-refractivity contribution >= 4 is 8.32 Å². The molecule has 1 fully saturated rings. The van der Waals surface area contributed by atoms with E-state index in [0.29, 0.717) is 28.8 Å². The molecule has 0 heterocycles. The first kappa shape index (κ1) is 16.2. The van der Waals surface area contributed by atoms with Crippen LogP contribution in [0.15, 0.2) is 0 Å². The van der Waals surface area contributed by atoms with Gasteiger partial charge < -0.3 is 10.2 Å². The van der Waals surface area contributed by atoms with E-state index in [1.54, 1.807) is 0 Å². The Bertz CT molecular complexity index is 231. The lowest BCUT2D eigenvalue weighted by atomic mass is 9.94. The Morgan fingerprint density at radius 1 is 0.944 bits per heavy atom. The molecule has 2 atom stereocenters. The minimum Gasteiger partial charge on any atom is -0.413 e. The van der Waals surface area contributed by atoms with E-state index in [-0.39, 0.29) is 0 Å². The highest BCUT2D eigenvalue weighted by molar-refractivity contribution is 6.77. The highest BCUT2D eigenvalue weighted by atomic mass is 28.4.